The van der Waals surface area contributed by atoms with Gasteiger partial charge in [-0.2, -0.15) is 0 Å². The van der Waals surface area contributed by atoms with Gasteiger partial charge in [0, 0.05) is 43.2 Å². The van der Waals surface area contributed by atoms with E-state index in [1.165, 1.54) is 43.3 Å². The average molecular weight is 488 g/mol. The first-order valence-corrected chi connectivity index (χ1v) is 14.1. The molecule has 0 aromatic carbocycles. The van der Waals surface area contributed by atoms with E-state index in [1.807, 2.05) is 0 Å². The lowest BCUT2D eigenvalue weighted by Gasteiger charge is -2.35. The molecule has 3 unspecified atom stereocenters. The highest BCUT2D eigenvalue weighted by Gasteiger charge is 2.29. The van der Waals surface area contributed by atoms with E-state index >= 15 is 0 Å². The number of amides is 1. The van der Waals surface area contributed by atoms with Crippen molar-refractivity contribution in [2.75, 3.05) is 19.6 Å². The Hall–Kier alpha value is -1.47. The summed E-state index contributed by atoms with van der Waals surface area (Å²) in [5.41, 5.74) is 15.3. The fourth-order valence-electron chi connectivity index (χ4n) is 5.63. The summed E-state index contributed by atoms with van der Waals surface area (Å²) in [6, 6.07) is 0.712. The number of carbonyl (C=O) groups excluding carboxylic acids is 1. The second-order valence-electron chi connectivity index (χ2n) is 10.8. The first-order chi connectivity index (χ1) is 16.9. The van der Waals surface area contributed by atoms with Gasteiger partial charge in [-0.05, 0) is 58.3 Å². The lowest BCUT2D eigenvalue weighted by Crippen LogP contribution is -2.53. The summed E-state index contributed by atoms with van der Waals surface area (Å²) in [6.45, 7) is 10.8. The molecule has 6 nitrogen and oxygen atoms in total. The van der Waals surface area contributed by atoms with Gasteiger partial charge in [0.1, 0.15) is 0 Å². The maximum Gasteiger partial charge on any atom is 0.247 e. The maximum atomic E-state index is 13.0. The molecule has 0 radical (unpaired) electrons. The minimum atomic E-state index is -0.0885. The molecule has 35 heavy (non-hydrogen) atoms. The second kappa shape index (κ2) is 16.3. The minimum Gasteiger partial charge on any atom is -0.352 e. The quantitative estimate of drug-likeness (QED) is 0.175. The predicted molar refractivity (Wildman–Crippen MR) is 149 cm³/mol. The number of nitrogens with one attached hydrogen (secondary N) is 3. The number of hydrogen-bond donors (Lipinski definition) is 5. The van der Waals surface area contributed by atoms with Crippen molar-refractivity contribution < 1.29 is 4.79 Å². The van der Waals surface area contributed by atoms with Crippen LogP contribution in [0.4, 0.5) is 0 Å². The molecule has 0 bridgehead atoms. The highest BCUT2D eigenvalue weighted by molar-refractivity contribution is 5.93. The van der Waals surface area contributed by atoms with Gasteiger partial charge in [0.25, 0.3) is 0 Å². The Morgan fingerprint density at radius 2 is 2.03 bits per heavy atom. The van der Waals surface area contributed by atoms with Crippen LogP contribution in [0.25, 0.3) is 0 Å². The molecule has 0 fully saturated rings. The molecule has 200 valence electrons. The third-order valence-electron chi connectivity index (χ3n) is 7.77. The van der Waals surface area contributed by atoms with E-state index in [2.05, 4.69) is 61.9 Å². The number of rotatable bonds is 15. The smallest absolute Gasteiger partial charge is 0.247 e. The van der Waals surface area contributed by atoms with Crippen molar-refractivity contribution in [2.45, 2.75) is 110 Å². The standard InChI is InChI=1S/C29H53N5O/c1-5-9-23(12-8-7-11-21(3)19-30)13-14-25-18-24(15-16-32-25)29(35)33-20-26-22(4)17-28(31)34-27(26)10-6-2/h11,15,17,23,25-28,32,34H,5-10,12-14,16,18-20,30-31H2,1-4H3,(H,33,35)/b21-11-/t23-,25?,26+,27?,28?/m0/s1. The van der Waals surface area contributed by atoms with Gasteiger partial charge < -0.3 is 22.1 Å². The Balaban J connectivity index is 1.80. The molecule has 0 saturated heterocycles. The minimum absolute atomic E-state index is 0.0885. The first-order valence-electron chi connectivity index (χ1n) is 14.1. The molecule has 1 amide bonds. The Morgan fingerprint density at radius 3 is 2.74 bits per heavy atom. The van der Waals surface area contributed by atoms with Crippen LogP contribution in [-0.4, -0.2) is 43.8 Å². The lowest BCUT2D eigenvalue weighted by atomic mass is 9.85. The lowest BCUT2D eigenvalue weighted by molar-refractivity contribution is -0.118. The third-order valence-corrected chi connectivity index (χ3v) is 7.77. The molecular formula is C29H53N5O. The summed E-state index contributed by atoms with van der Waals surface area (Å²) in [4.78, 5) is 13.0. The van der Waals surface area contributed by atoms with E-state index in [9.17, 15) is 4.79 Å². The fraction of sp³-hybridized carbons (Fsp3) is 0.759. The zero-order chi connectivity index (χ0) is 25.6. The summed E-state index contributed by atoms with van der Waals surface area (Å²) in [5, 5.41) is 10.3. The van der Waals surface area contributed by atoms with Crippen LogP contribution in [0.15, 0.2) is 34.9 Å². The van der Waals surface area contributed by atoms with E-state index in [1.54, 1.807) is 0 Å². The van der Waals surface area contributed by atoms with Crippen molar-refractivity contribution in [3.8, 4) is 0 Å². The van der Waals surface area contributed by atoms with E-state index in [0.717, 1.165) is 50.1 Å². The summed E-state index contributed by atoms with van der Waals surface area (Å²) < 4.78 is 0. The normalized spacial score (nSPS) is 26.2. The molecule has 2 aliphatic heterocycles. The van der Waals surface area contributed by atoms with Crippen LogP contribution in [0.1, 0.15) is 91.9 Å². The largest absolute Gasteiger partial charge is 0.352 e. The molecule has 0 aromatic rings. The second-order valence-corrected chi connectivity index (χ2v) is 10.8. The highest BCUT2D eigenvalue weighted by atomic mass is 16.1. The molecule has 2 rings (SSSR count). The van der Waals surface area contributed by atoms with Crippen molar-refractivity contribution in [2.24, 2.45) is 23.3 Å². The van der Waals surface area contributed by atoms with Crippen molar-refractivity contribution in [1.29, 1.82) is 0 Å². The molecule has 0 spiro atoms. The number of unbranched alkanes of at least 4 members (excludes halogenated alkanes) is 1. The van der Waals surface area contributed by atoms with E-state index in [-0.39, 0.29) is 12.1 Å². The van der Waals surface area contributed by atoms with Crippen LogP contribution in [-0.2, 0) is 4.79 Å². The summed E-state index contributed by atoms with van der Waals surface area (Å²) >= 11 is 0. The fourth-order valence-corrected chi connectivity index (χ4v) is 5.63. The molecule has 0 aliphatic carbocycles. The molecule has 2 heterocycles. The van der Waals surface area contributed by atoms with Crippen LogP contribution in [0.3, 0.4) is 0 Å². The number of nitrogens with two attached hydrogens (primary N) is 2. The average Bonchev–Trinajstić information content (AvgIpc) is 2.84. The van der Waals surface area contributed by atoms with Crippen LogP contribution >= 0.6 is 0 Å². The highest BCUT2D eigenvalue weighted by Crippen LogP contribution is 2.25. The van der Waals surface area contributed by atoms with Gasteiger partial charge in [-0.15, -0.1) is 0 Å². The summed E-state index contributed by atoms with van der Waals surface area (Å²) in [5.74, 6) is 1.17. The van der Waals surface area contributed by atoms with E-state index in [0.29, 0.717) is 31.1 Å². The van der Waals surface area contributed by atoms with Gasteiger partial charge in [0.05, 0.1) is 6.17 Å². The molecule has 7 N–H and O–H groups in total. The molecule has 2 aliphatic rings. The van der Waals surface area contributed by atoms with E-state index in [4.69, 9.17) is 11.5 Å². The summed E-state index contributed by atoms with van der Waals surface area (Å²) in [6.07, 6.45) is 17.9. The van der Waals surface area contributed by atoms with Gasteiger partial charge in [0.2, 0.25) is 5.91 Å². The van der Waals surface area contributed by atoms with Crippen molar-refractivity contribution in [3.05, 3.63) is 34.9 Å². The number of carbonyl (C=O) groups is 1. The van der Waals surface area contributed by atoms with E-state index < -0.39 is 0 Å². The number of hydrogen-bond acceptors (Lipinski definition) is 5. The molecule has 5 atom stereocenters. The van der Waals surface area contributed by atoms with Crippen molar-refractivity contribution in [1.82, 2.24) is 16.0 Å². The molecule has 0 aromatic heterocycles. The molecule has 6 heteroatoms. The van der Waals surface area contributed by atoms with Crippen molar-refractivity contribution >= 4 is 5.91 Å². The molecular weight excluding hydrogens is 434 g/mol. The van der Waals surface area contributed by atoms with Crippen LogP contribution in [0.5, 0.6) is 0 Å². The zero-order valence-corrected chi connectivity index (χ0v) is 22.9. The van der Waals surface area contributed by atoms with Gasteiger partial charge in [-0.3, -0.25) is 10.1 Å². The van der Waals surface area contributed by atoms with Gasteiger partial charge in [-0.1, -0.05) is 68.9 Å². The Kier molecular flexibility index (Phi) is 13.9. The Morgan fingerprint density at radius 1 is 1.23 bits per heavy atom. The third kappa shape index (κ3) is 10.6. The summed E-state index contributed by atoms with van der Waals surface area (Å²) in [7, 11) is 0. The topological polar surface area (TPSA) is 105 Å². The predicted octanol–water partition coefficient (Wildman–Crippen LogP) is 4.28. The van der Waals surface area contributed by atoms with Crippen LogP contribution < -0.4 is 27.4 Å². The van der Waals surface area contributed by atoms with Crippen LogP contribution in [0, 0.1) is 11.8 Å². The van der Waals surface area contributed by atoms with Crippen molar-refractivity contribution in [3.63, 3.8) is 0 Å². The first kappa shape index (κ1) is 29.8. The number of allylic oxidation sites excluding steroid dienone is 1. The van der Waals surface area contributed by atoms with Gasteiger partial charge in [-0.25, -0.2) is 0 Å². The van der Waals surface area contributed by atoms with Crippen LogP contribution in [0.2, 0.25) is 0 Å². The molecule has 0 saturated carbocycles. The monoisotopic (exact) mass is 487 g/mol. The van der Waals surface area contributed by atoms with Gasteiger partial charge >= 0.3 is 0 Å². The van der Waals surface area contributed by atoms with Gasteiger partial charge in [0.15, 0.2) is 0 Å². The Labute approximate surface area is 214 Å². The Bertz CT molecular complexity index is 729. The SMILES string of the molecule is CCCC1NC(N)C=C(C)[C@H]1CNC(=O)C1=CCNC(CC[C@@H](CCC)CCC/C=C(/C)CN)C1. The zero-order valence-electron chi connectivity index (χ0n) is 22.9. The maximum absolute atomic E-state index is 13.0.